The number of fused-ring (bicyclic) bond motifs is 1. The van der Waals surface area contributed by atoms with Crippen molar-refractivity contribution in [2.45, 2.75) is 6.67 Å². The molecule has 4 aromatic rings. The molecule has 0 spiro atoms. The number of benzene rings is 2. The fourth-order valence-corrected chi connectivity index (χ4v) is 3.84. The van der Waals surface area contributed by atoms with Crippen LogP contribution in [0.15, 0.2) is 71.1 Å². The summed E-state index contributed by atoms with van der Waals surface area (Å²) in [7, 11) is 0. The molecule has 146 valence electrons. The van der Waals surface area contributed by atoms with Crippen LogP contribution in [-0.2, 0) is 6.67 Å². The summed E-state index contributed by atoms with van der Waals surface area (Å²) in [5.41, 5.74) is 2.88. The minimum atomic E-state index is 0.375. The van der Waals surface area contributed by atoms with E-state index in [4.69, 9.17) is 16.6 Å². The number of hydrogen-bond donors (Lipinski definition) is 0. The van der Waals surface area contributed by atoms with Crippen molar-refractivity contribution < 1.29 is 4.42 Å². The number of piperazine rings is 1. The van der Waals surface area contributed by atoms with Crippen LogP contribution < -0.4 is 4.90 Å². The minimum absolute atomic E-state index is 0.375. The summed E-state index contributed by atoms with van der Waals surface area (Å²) in [6.45, 7) is 4.49. The Morgan fingerprint density at radius 3 is 2.45 bits per heavy atom. The van der Waals surface area contributed by atoms with E-state index in [1.807, 2.05) is 42.5 Å². The van der Waals surface area contributed by atoms with E-state index in [0.29, 0.717) is 23.1 Å². The van der Waals surface area contributed by atoms with Gasteiger partial charge in [-0.3, -0.25) is 4.90 Å². The molecule has 1 fully saturated rings. The number of para-hydroxylation sites is 2. The van der Waals surface area contributed by atoms with Gasteiger partial charge in [0.1, 0.15) is 5.69 Å². The van der Waals surface area contributed by atoms with Gasteiger partial charge in [-0.05, 0) is 36.5 Å². The van der Waals surface area contributed by atoms with Crippen molar-refractivity contribution in [1.82, 2.24) is 19.7 Å². The Morgan fingerprint density at radius 1 is 0.862 bits per heavy atom. The van der Waals surface area contributed by atoms with Gasteiger partial charge in [0.05, 0.1) is 12.2 Å². The first kappa shape index (κ1) is 18.0. The lowest BCUT2D eigenvalue weighted by Crippen LogP contribution is -2.46. The van der Waals surface area contributed by atoms with Crippen molar-refractivity contribution in [3.05, 3.63) is 71.6 Å². The zero-order valence-corrected chi connectivity index (χ0v) is 16.8. The molecule has 1 aliphatic heterocycles. The van der Waals surface area contributed by atoms with Gasteiger partial charge in [0.2, 0.25) is 0 Å². The van der Waals surface area contributed by atoms with Crippen LogP contribution in [0.25, 0.3) is 22.5 Å². The lowest BCUT2D eigenvalue weighted by Gasteiger charge is -2.35. The zero-order valence-electron chi connectivity index (χ0n) is 15.9. The lowest BCUT2D eigenvalue weighted by atomic mass is 10.2. The van der Waals surface area contributed by atoms with Crippen LogP contribution in [0.2, 0.25) is 0 Å². The number of aromatic nitrogens is 3. The predicted molar refractivity (Wildman–Crippen MR) is 116 cm³/mol. The monoisotopic (exact) mass is 403 g/mol. The highest BCUT2D eigenvalue weighted by Gasteiger charge is 2.19. The van der Waals surface area contributed by atoms with Crippen molar-refractivity contribution in [3.8, 4) is 11.6 Å². The normalized spacial score (nSPS) is 15.1. The Morgan fingerprint density at radius 2 is 1.62 bits per heavy atom. The molecule has 29 heavy (non-hydrogen) atoms. The largest absolute Gasteiger partial charge is 0.408 e. The van der Waals surface area contributed by atoms with Crippen LogP contribution in [0.3, 0.4) is 0 Å². The number of anilines is 1. The molecule has 0 aliphatic carbocycles. The third kappa shape index (κ3) is 3.79. The SMILES string of the molecule is S=c1oc(-c2ccc3ccccc3n2)nn1CN1CCN(c2ccccc2)CC1. The molecule has 0 saturated carbocycles. The number of nitrogens with zero attached hydrogens (tertiary/aromatic N) is 5. The fraction of sp³-hybridized carbons (Fsp3) is 0.227. The van der Waals surface area contributed by atoms with Crippen LogP contribution in [0, 0.1) is 4.84 Å². The van der Waals surface area contributed by atoms with E-state index in [2.05, 4.69) is 44.1 Å². The molecule has 6 nitrogen and oxygen atoms in total. The van der Waals surface area contributed by atoms with Gasteiger partial charge in [-0.2, -0.15) is 0 Å². The second-order valence-corrected chi connectivity index (χ2v) is 7.49. The highest BCUT2D eigenvalue weighted by Crippen LogP contribution is 2.21. The predicted octanol–water partition coefficient (Wildman–Crippen LogP) is 4.20. The average Bonchev–Trinajstić information content (AvgIpc) is 3.15. The average molecular weight is 404 g/mol. The molecule has 0 atom stereocenters. The van der Waals surface area contributed by atoms with Gasteiger partial charge in [-0.15, -0.1) is 5.10 Å². The summed E-state index contributed by atoms with van der Waals surface area (Å²) >= 11 is 5.41. The molecule has 1 saturated heterocycles. The van der Waals surface area contributed by atoms with E-state index in [-0.39, 0.29) is 0 Å². The van der Waals surface area contributed by atoms with Crippen LogP contribution in [0.1, 0.15) is 0 Å². The standard InChI is InChI=1S/C22H21N5OS/c29-22-27(16-25-12-14-26(15-13-25)18-7-2-1-3-8-18)24-21(28-22)20-11-10-17-6-4-5-9-19(17)23-20/h1-11H,12-16H2. The van der Waals surface area contributed by atoms with Gasteiger partial charge >= 0.3 is 0 Å². The first-order valence-corrected chi connectivity index (χ1v) is 10.1. The second kappa shape index (κ2) is 7.77. The molecule has 7 heteroatoms. The van der Waals surface area contributed by atoms with Crippen molar-refractivity contribution in [1.29, 1.82) is 0 Å². The van der Waals surface area contributed by atoms with Crippen LogP contribution in [-0.4, -0.2) is 45.8 Å². The van der Waals surface area contributed by atoms with Gasteiger partial charge in [-0.1, -0.05) is 42.5 Å². The summed E-state index contributed by atoms with van der Waals surface area (Å²) in [4.78, 5) is 9.78. The molecule has 3 heterocycles. The molecule has 1 aliphatic rings. The number of hydrogen-bond acceptors (Lipinski definition) is 6. The van der Waals surface area contributed by atoms with E-state index in [1.165, 1.54) is 5.69 Å². The van der Waals surface area contributed by atoms with Gasteiger partial charge in [-0.25, -0.2) is 9.67 Å². The van der Waals surface area contributed by atoms with E-state index in [9.17, 15) is 0 Å². The Kier molecular flexibility index (Phi) is 4.83. The maximum absolute atomic E-state index is 5.75. The number of rotatable bonds is 4. The fourth-order valence-electron chi connectivity index (χ4n) is 3.66. The molecule has 0 bridgehead atoms. The zero-order chi connectivity index (χ0) is 19.6. The molecular weight excluding hydrogens is 382 g/mol. The van der Waals surface area contributed by atoms with Crippen molar-refractivity contribution in [2.75, 3.05) is 31.1 Å². The van der Waals surface area contributed by atoms with Crippen LogP contribution in [0.5, 0.6) is 0 Å². The quantitative estimate of drug-likeness (QED) is 0.476. The highest BCUT2D eigenvalue weighted by atomic mass is 32.1. The number of pyridine rings is 1. The Hall–Kier alpha value is -3.03. The topological polar surface area (TPSA) is 50.3 Å². The van der Waals surface area contributed by atoms with E-state index >= 15 is 0 Å². The molecule has 2 aromatic carbocycles. The van der Waals surface area contributed by atoms with Gasteiger partial charge in [0, 0.05) is 37.3 Å². The van der Waals surface area contributed by atoms with Crippen molar-refractivity contribution in [3.63, 3.8) is 0 Å². The molecule has 0 N–H and O–H groups in total. The molecule has 2 aromatic heterocycles. The first-order valence-electron chi connectivity index (χ1n) is 9.73. The molecular formula is C22H21N5OS. The Balaban J connectivity index is 1.29. The summed E-state index contributed by atoms with van der Waals surface area (Å²) in [6, 6.07) is 22.5. The van der Waals surface area contributed by atoms with Gasteiger partial charge in [0.25, 0.3) is 10.7 Å². The van der Waals surface area contributed by atoms with E-state index in [0.717, 1.165) is 37.1 Å². The third-order valence-corrected chi connectivity index (χ3v) is 5.55. The maximum atomic E-state index is 5.75. The lowest BCUT2D eigenvalue weighted by molar-refractivity contribution is 0.192. The Bertz CT molecular complexity index is 1180. The smallest absolute Gasteiger partial charge is 0.288 e. The summed E-state index contributed by atoms with van der Waals surface area (Å²) in [5.74, 6) is 0.462. The summed E-state index contributed by atoms with van der Waals surface area (Å²) < 4.78 is 7.50. The highest BCUT2D eigenvalue weighted by molar-refractivity contribution is 7.71. The van der Waals surface area contributed by atoms with Gasteiger partial charge < -0.3 is 9.32 Å². The van der Waals surface area contributed by atoms with E-state index < -0.39 is 0 Å². The third-order valence-electron chi connectivity index (χ3n) is 5.25. The van der Waals surface area contributed by atoms with Crippen LogP contribution >= 0.6 is 12.2 Å². The summed E-state index contributed by atoms with van der Waals surface area (Å²) in [6.07, 6.45) is 0. The molecule has 0 radical (unpaired) electrons. The molecule has 0 amide bonds. The molecule has 5 rings (SSSR count). The van der Waals surface area contributed by atoms with Gasteiger partial charge in [0.15, 0.2) is 0 Å². The minimum Gasteiger partial charge on any atom is -0.408 e. The maximum Gasteiger partial charge on any atom is 0.288 e. The van der Waals surface area contributed by atoms with E-state index in [1.54, 1.807) is 4.68 Å². The second-order valence-electron chi connectivity index (χ2n) is 7.14. The molecule has 0 unspecified atom stereocenters. The Labute approximate surface area is 174 Å². The first-order chi connectivity index (χ1) is 14.3. The van der Waals surface area contributed by atoms with Crippen LogP contribution in [0.4, 0.5) is 5.69 Å². The summed E-state index contributed by atoms with van der Waals surface area (Å²) in [5, 5.41) is 5.67. The van der Waals surface area contributed by atoms with Crippen molar-refractivity contribution >= 4 is 28.8 Å². The van der Waals surface area contributed by atoms with Crippen molar-refractivity contribution in [2.24, 2.45) is 0 Å².